The van der Waals surface area contributed by atoms with Crippen LogP contribution in [-0.2, 0) is 22.7 Å². The highest BCUT2D eigenvalue weighted by molar-refractivity contribution is 7.92. The Morgan fingerprint density at radius 1 is 0.967 bits per heavy atom. The molecule has 30 heavy (non-hydrogen) atoms. The second kappa shape index (κ2) is 7.58. The molecule has 2 aliphatic rings. The number of H-pyrrole nitrogens is 1. The number of aryl methyl sites for hydroxylation is 2. The Labute approximate surface area is 176 Å². The van der Waals surface area contributed by atoms with Crippen molar-refractivity contribution in [1.82, 2.24) is 4.98 Å². The summed E-state index contributed by atoms with van der Waals surface area (Å²) in [5, 5.41) is 3.70. The van der Waals surface area contributed by atoms with Gasteiger partial charge >= 0.3 is 0 Å². The third-order valence-corrected chi connectivity index (χ3v) is 8.78. The number of nitrogens with one attached hydrogen (secondary N) is 2. The molecule has 0 bridgehead atoms. The van der Waals surface area contributed by atoms with Crippen LogP contribution < -0.4 is 5.32 Å². The zero-order chi connectivity index (χ0) is 20.7. The van der Waals surface area contributed by atoms with Crippen LogP contribution in [0.5, 0.6) is 0 Å². The average Bonchev–Trinajstić information content (AvgIpc) is 3.42. The Morgan fingerprint density at radius 3 is 2.60 bits per heavy atom. The van der Waals surface area contributed by atoms with E-state index in [0.29, 0.717) is 16.1 Å². The fraction of sp³-hybridized carbons (Fsp3) is 0.375. The van der Waals surface area contributed by atoms with Crippen LogP contribution in [0.3, 0.4) is 0 Å². The van der Waals surface area contributed by atoms with E-state index in [0.717, 1.165) is 49.4 Å². The van der Waals surface area contributed by atoms with E-state index in [-0.39, 0.29) is 11.2 Å². The van der Waals surface area contributed by atoms with E-state index in [4.69, 9.17) is 0 Å². The first kappa shape index (κ1) is 19.4. The number of carbonyl (C=O) groups excluding carboxylic acids is 1. The number of sulfone groups is 1. The molecule has 2 aliphatic carbocycles. The van der Waals surface area contributed by atoms with E-state index >= 15 is 0 Å². The molecule has 0 atom stereocenters. The highest BCUT2D eigenvalue weighted by atomic mass is 32.2. The SMILES string of the molecule is O=C(Nc1cccc(S(=O)(=O)C2CCCC2)c1)c1ccc2[nH]c3c(c2c1)CCCC3. The van der Waals surface area contributed by atoms with E-state index in [9.17, 15) is 13.2 Å². The number of benzene rings is 2. The van der Waals surface area contributed by atoms with Crippen LogP contribution in [0, 0.1) is 0 Å². The lowest BCUT2D eigenvalue weighted by atomic mass is 9.95. The number of amides is 1. The van der Waals surface area contributed by atoms with Gasteiger partial charge < -0.3 is 10.3 Å². The van der Waals surface area contributed by atoms with Crippen molar-refractivity contribution < 1.29 is 13.2 Å². The van der Waals surface area contributed by atoms with Crippen molar-refractivity contribution in [3.63, 3.8) is 0 Å². The number of carbonyl (C=O) groups is 1. The lowest BCUT2D eigenvalue weighted by Gasteiger charge is -2.13. The minimum atomic E-state index is -3.35. The lowest BCUT2D eigenvalue weighted by Crippen LogP contribution is -2.18. The zero-order valence-electron chi connectivity index (χ0n) is 16.9. The molecule has 1 amide bonds. The Kier molecular flexibility index (Phi) is 4.89. The maximum atomic E-state index is 12.9. The van der Waals surface area contributed by atoms with Crippen molar-refractivity contribution in [1.29, 1.82) is 0 Å². The number of hydrogen-bond donors (Lipinski definition) is 2. The van der Waals surface area contributed by atoms with Gasteiger partial charge in [-0.3, -0.25) is 4.79 Å². The second-order valence-electron chi connectivity index (χ2n) is 8.48. The topological polar surface area (TPSA) is 79.0 Å². The molecule has 0 radical (unpaired) electrons. The molecule has 0 saturated heterocycles. The van der Waals surface area contributed by atoms with Gasteiger partial charge in [0.1, 0.15) is 0 Å². The number of hydrogen-bond acceptors (Lipinski definition) is 3. The van der Waals surface area contributed by atoms with Gasteiger partial charge in [-0.1, -0.05) is 18.9 Å². The van der Waals surface area contributed by atoms with E-state index < -0.39 is 9.84 Å². The first-order valence-electron chi connectivity index (χ1n) is 10.8. The molecule has 1 saturated carbocycles. The maximum absolute atomic E-state index is 12.9. The summed E-state index contributed by atoms with van der Waals surface area (Å²) < 4.78 is 25.8. The van der Waals surface area contributed by atoms with Crippen molar-refractivity contribution in [2.45, 2.75) is 61.5 Å². The minimum Gasteiger partial charge on any atom is -0.358 e. The third-order valence-electron chi connectivity index (χ3n) is 6.52. The summed E-state index contributed by atoms with van der Waals surface area (Å²) in [6, 6.07) is 12.4. The van der Waals surface area contributed by atoms with Crippen molar-refractivity contribution in [3.8, 4) is 0 Å². The standard InChI is InChI=1S/C24H26N2O3S/c27-24(16-12-13-23-21(14-16)20-10-3-4-11-22(20)26-23)25-17-6-5-9-19(15-17)30(28,29)18-7-1-2-8-18/h5-6,9,12-15,18,26H,1-4,7-8,10-11H2,(H,25,27). The molecule has 0 aliphatic heterocycles. The van der Waals surface area contributed by atoms with Crippen molar-refractivity contribution in [2.75, 3.05) is 5.32 Å². The molecule has 5 nitrogen and oxygen atoms in total. The first-order chi connectivity index (χ1) is 14.5. The molecule has 156 valence electrons. The number of fused-ring (bicyclic) bond motifs is 3. The van der Waals surface area contributed by atoms with Crippen molar-refractivity contribution >= 4 is 32.3 Å². The summed E-state index contributed by atoms with van der Waals surface area (Å²) in [6.07, 6.45) is 7.86. The summed E-state index contributed by atoms with van der Waals surface area (Å²) in [5.74, 6) is -0.224. The zero-order valence-corrected chi connectivity index (χ0v) is 17.7. The van der Waals surface area contributed by atoms with Crippen LogP contribution in [0.1, 0.15) is 60.1 Å². The minimum absolute atomic E-state index is 0.224. The molecule has 2 aromatic carbocycles. The molecule has 0 spiro atoms. The number of aromatic nitrogens is 1. The molecule has 1 fully saturated rings. The van der Waals surface area contributed by atoms with Gasteiger partial charge in [-0.25, -0.2) is 8.42 Å². The number of anilines is 1. The summed E-state index contributed by atoms with van der Waals surface area (Å²) in [7, 11) is -3.35. The smallest absolute Gasteiger partial charge is 0.255 e. The third kappa shape index (κ3) is 3.43. The largest absolute Gasteiger partial charge is 0.358 e. The Hall–Kier alpha value is -2.60. The average molecular weight is 423 g/mol. The van der Waals surface area contributed by atoms with Gasteiger partial charge in [0.25, 0.3) is 5.91 Å². The van der Waals surface area contributed by atoms with Gasteiger partial charge in [-0.2, -0.15) is 0 Å². The monoisotopic (exact) mass is 422 g/mol. The lowest BCUT2D eigenvalue weighted by molar-refractivity contribution is 0.102. The normalized spacial score (nSPS) is 17.2. The molecule has 5 rings (SSSR count). The fourth-order valence-corrected chi connectivity index (χ4v) is 6.79. The van der Waals surface area contributed by atoms with Gasteiger partial charge in [0.05, 0.1) is 10.1 Å². The molecule has 2 N–H and O–H groups in total. The Balaban J connectivity index is 1.40. The van der Waals surface area contributed by atoms with Gasteiger partial charge in [-0.15, -0.1) is 0 Å². The Bertz CT molecular complexity index is 1220. The second-order valence-corrected chi connectivity index (χ2v) is 10.7. The molecule has 6 heteroatoms. The van der Waals surface area contributed by atoms with Crippen LogP contribution in [0.2, 0.25) is 0 Å². The first-order valence-corrected chi connectivity index (χ1v) is 12.4. The van der Waals surface area contributed by atoms with E-state index in [1.807, 2.05) is 18.2 Å². The van der Waals surface area contributed by atoms with E-state index in [1.54, 1.807) is 24.3 Å². The summed E-state index contributed by atoms with van der Waals surface area (Å²) in [4.78, 5) is 16.7. The molecule has 3 aromatic rings. The summed E-state index contributed by atoms with van der Waals surface area (Å²) in [5.41, 5.74) is 4.78. The van der Waals surface area contributed by atoms with Gasteiger partial charge in [0.2, 0.25) is 0 Å². The van der Waals surface area contributed by atoms with Gasteiger partial charge in [0, 0.05) is 27.8 Å². The summed E-state index contributed by atoms with van der Waals surface area (Å²) >= 11 is 0. The molecule has 0 unspecified atom stereocenters. The summed E-state index contributed by atoms with van der Waals surface area (Å²) in [6.45, 7) is 0. The molecule has 1 heterocycles. The number of rotatable bonds is 4. The molecular formula is C24H26N2O3S. The van der Waals surface area contributed by atoms with E-state index in [1.165, 1.54) is 24.1 Å². The van der Waals surface area contributed by atoms with Crippen LogP contribution in [0.15, 0.2) is 47.4 Å². The highest BCUT2D eigenvalue weighted by Crippen LogP contribution is 2.32. The molecular weight excluding hydrogens is 396 g/mol. The van der Waals surface area contributed by atoms with Gasteiger partial charge in [0.15, 0.2) is 9.84 Å². The van der Waals surface area contributed by atoms with Crippen LogP contribution >= 0.6 is 0 Å². The van der Waals surface area contributed by atoms with Gasteiger partial charge in [-0.05, 0) is 80.5 Å². The Morgan fingerprint density at radius 2 is 1.77 bits per heavy atom. The van der Waals surface area contributed by atoms with Crippen LogP contribution in [-0.4, -0.2) is 24.6 Å². The predicted octanol–water partition coefficient (Wildman–Crippen LogP) is 5.02. The highest BCUT2D eigenvalue weighted by Gasteiger charge is 2.30. The fourth-order valence-electron chi connectivity index (χ4n) is 4.89. The molecule has 1 aromatic heterocycles. The van der Waals surface area contributed by atoms with Crippen LogP contribution in [0.25, 0.3) is 10.9 Å². The number of aromatic amines is 1. The van der Waals surface area contributed by atoms with Crippen molar-refractivity contribution in [3.05, 3.63) is 59.3 Å². The van der Waals surface area contributed by atoms with Crippen LogP contribution in [0.4, 0.5) is 5.69 Å². The van der Waals surface area contributed by atoms with Crippen molar-refractivity contribution in [2.24, 2.45) is 0 Å². The maximum Gasteiger partial charge on any atom is 0.255 e. The predicted molar refractivity (Wildman–Crippen MR) is 119 cm³/mol. The quantitative estimate of drug-likeness (QED) is 0.620. The van der Waals surface area contributed by atoms with E-state index in [2.05, 4.69) is 10.3 Å².